The van der Waals surface area contributed by atoms with Crippen molar-refractivity contribution in [2.75, 3.05) is 25.6 Å². The normalized spacial score (nSPS) is 10.7. The molecular formula is C25H25ClN2O3. The zero-order chi connectivity index (χ0) is 22.1. The van der Waals surface area contributed by atoms with Crippen LogP contribution in [0.4, 0.5) is 5.69 Å². The van der Waals surface area contributed by atoms with E-state index in [1.807, 2.05) is 60.7 Å². The average molecular weight is 437 g/mol. The highest BCUT2D eigenvalue weighted by molar-refractivity contribution is 6.34. The van der Waals surface area contributed by atoms with E-state index >= 15 is 0 Å². The number of nitrogens with one attached hydrogen (secondary N) is 2. The molecule has 0 saturated heterocycles. The minimum absolute atomic E-state index is 0.0660. The highest BCUT2D eigenvalue weighted by Crippen LogP contribution is 2.29. The van der Waals surface area contributed by atoms with Gasteiger partial charge < -0.3 is 15.4 Å². The zero-order valence-corrected chi connectivity index (χ0v) is 18.1. The standard InChI is InChI=1S/C25H25ClN2O3/c1-31-15-14-27-25(30)21-13-12-20(16-23(21)26)28-24(29)17-22(18-8-4-2-5-9-18)19-10-6-3-7-11-19/h2-13,16,22H,14-15,17H2,1H3,(H,27,30)(H,28,29). The second kappa shape index (κ2) is 11.3. The van der Waals surface area contributed by atoms with E-state index in [1.54, 1.807) is 25.3 Å². The minimum atomic E-state index is -0.284. The largest absolute Gasteiger partial charge is 0.383 e. The molecular weight excluding hydrogens is 412 g/mol. The van der Waals surface area contributed by atoms with E-state index in [9.17, 15) is 9.59 Å². The van der Waals surface area contributed by atoms with Gasteiger partial charge in [0.25, 0.3) is 5.91 Å². The van der Waals surface area contributed by atoms with Crippen LogP contribution in [0.25, 0.3) is 0 Å². The summed E-state index contributed by atoms with van der Waals surface area (Å²) in [4.78, 5) is 25.0. The second-order valence-electron chi connectivity index (χ2n) is 7.07. The Kier molecular flexibility index (Phi) is 8.21. The molecule has 6 heteroatoms. The Labute approximate surface area is 187 Å². The number of carbonyl (C=O) groups is 2. The van der Waals surface area contributed by atoms with Crippen LogP contribution in [0, 0.1) is 0 Å². The molecule has 0 aliphatic rings. The first-order valence-electron chi connectivity index (χ1n) is 10.0. The lowest BCUT2D eigenvalue weighted by Gasteiger charge is -2.18. The number of halogens is 1. The summed E-state index contributed by atoms with van der Waals surface area (Å²) in [6.45, 7) is 0.812. The maximum Gasteiger partial charge on any atom is 0.252 e. The first kappa shape index (κ1) is 22.5. The topological polar surface area (TPSA) is 67.4 Å². The third-order valence-corrected chi connectivity index (χ3v) is 5.20. The van der Waals surface area contributed by atoms with Gasteiger partial charge in [-0.05, 0) is 29.3 Å². The number of carbonyl (C=O) groups excluding carboxylic acids is 2. The molecule has 0 spiro atoms. The van der Waals surface area contributed by atoms with Crippen LogP contribution in [-0.2, 0) is 9.53 Å². The Hall–Kier alpha value is -3.15. The number of hydrogen-bond donors (Lipinski definition) is 2. The zero-order valence-electron chi connectivity index (χ0n) is 17.3. The van der Waals surface area contributed by atoms with Crippen molar-refractivity contribution in [3.63, 3.8) is 0 Å². The first-order valence-corrected chi connectivity index (χ1v) is 10.4. The highest BCUT2D eigenvalue weighted by atomic mass is 35.5. The summed E-state index contributed by atoms with van der Waals surface area (Å²) in [5.41, 5.74) is 3.04. The van der Waals surface area contributed by atoms with Gasteiger partial charge in [0, 0.05) is 31.7 Å². The van der Waals surface area contributed by atoms with Gasteiger partial charge in [-0.1, -0.05) is 72.3 Å². The molecule has 31 heavy (non-hydrogen) atoms. The Morgan fingerprint density at radius 3 is 2.10 bits per heavy atom. The van der Waals surface area contributed by atoms with E-state index in [2.05, 4.69) is 10.6 Å². The van der Waals surface area contributed by atoms with E-state index in [1.165, 1.54) is 0 Å². The Balaban J connectivity index is 1.70. The van der Waals surface area contributed by atoms with Crippen molar-refractivity contribution in [2.24, 2.45) is 0 Å². The number of benzene rings is 3. The molecule has 0 aromatic heterocycles. The number of methoxy groups -OCH3 is 1. The van der Waals surface area contributed by atoms with E-state index < -0.39 is 0 Å². The second-order valence-corrected chi connectivity index (χ2v) is 7.48. The van der Waals surface area contributed by atoms with Crippen LogP contribution in [0.2, 0.25) is 5.02 Å². The van der Waals surface area contributed by atoms with Gasteiger partial charge in [0.15, 0.2) is 0 Å². The highest BCUT2D eigenvalue weighted by Gasteiger charge is 2.19. The van der Waals surface area contributed by atoms with Gasteiger partial charge in [0.1, 0.15) is 0 Å². The van der Waals surface area contributed by atoms with Crippen molar-refractivity contribution < 1.29 is 14.3 Å². The van der Waals surface area contributed by atoms with E-state index in [0.717, 1.165) is 11.1 Å². The fraction of sp³-hybridized carbons (Fsp3) is 0.200. The molecule has 0 heterocycles. The van der Waals surface area contributed by atoms with Crippen molar-refractivity contribution in [3.05, 3.63) is 101 Å². The van der Waals surface area contributed by atoms with Gasteiger partial charge in [0.2, 0.25) is 5.91 Å². The number of rotatable bonds is 9. The fourth-order valence-electron chi connectivity index (χ4n) is 3.34. The number of amides is 2. The molecule has 160 valence electrons. The average Bonchev–Trinajstić information content (AvgIpc) is 2.79. The lowest BCUT2D eigenvalue weighted by atomic mass is 9.88. The molecule has 2 N–H and O–H groups in total. The molecule has 0 radical (unpaired) electrons. The van der Waals surface area contributed by atoms with Crippen molar-refractivity contribution in [3.8, 4) is 0 Å². The molecule has 2 amide bonds. The Morgan fingerprint density at radius 2 is 1.55 bits per heavy atom. The van der Waals surface area contributed by atoms with Crippen LogP contribution in [-0.4, -0.2) is 32.1 Å². The summed E-state index contributed by atoms with van der Waals surface area (Å²) in [5.74, 6) is -0.483. The Morgan fingerprint density at radius 1 is 0.935 bits per heavy atom. The Bertz CT molecular complexity index is 970. The fourth-order valence-corrected chi connectivity index (χ4v) is 3.60. The van der Waals surface area contributed by atoms with Crippen molar-refractivity contribution in [1.82, 2.24) is 5.32 Å². The van der Waals surface area contributed by atoms with Crippen LogP contribution in [0.1, 0.15) is 33.8 Å². The van der Waals surface area contributed by atoms with Crippen molar-refractivity contribution in [2.45, 2.75) is 12.3 Å². The van der Waals surface area contributed by atoms with Gasteiger partial charge in [0.05, 0.1) is 17.2 Å². The maximum atomic E-state index is 12.8. The molecule has 0 aliphatic carbocycles. The summed E-state index contributed by atoms with van der Waals surface area (Å²) in [5, 5.41) is 5.90. The van der Waals surface area contributed by atoms with Gasteiger partial charge >= 0.3 is 0 Å². The van der Waals surface area contributed by atoms with Crippen molar-refractivity contribution in [1.29, 1.82) is 0 Å². The molecule has 0 saturated carbocycles. The molecule has 0 unspecified atom stereocenters. The summed E-state index contributed by atoms with van der Waals surface area (Å²) < 4.78 is 4.92. The summed E-state index contributed by atoms with van der Waals surface area (Å²) >= 11 is 6.27. The summed E-state index contributed by atoms with van der Waals surface area (Å²) in [7, 11) is 1.57. The van der Waals surface area contributed by atoms with Crippen LogP contribution >= 0.6 is 11.6 Å². The van der Waals surface area contributed by atoms with Crippen molar-refractivity contribution >= 4 is 29.1 Å². The SMILES string of the molecule is COCCNC(=O)c1ccc(NC(=O)CC(c2ccccc2)c2ccccc2)cc1Cl. The minimum Gasteiger partial charge on any atom is -0.383 e. The molecule has 5 nitrogen and oxygen atoms in total. The third kappa shape index (κ3) is 6.41. The van der Waals surface area contributed by atoms with Crippen LogP contribution in [0.5, 0.6) is 0 Å². The molecule has 0 aliphatic heterocycles. The lowest BCUT2D eigenvalue weighted by Crippen LogP contribution is -2.27. The predicted octanol–water partition coefficient (Wildman–Crippen LogP) is 4.88. The monoisotopic (exact) mass is 436 g/mol. The molecule has 0 fully saturated rings. The summed E-state index contributed by atoms with van der Waals surface area (Å²) in [6.07, 6.45) is 0.283. The van der Waals surface area contributed by atoms with E-state index in [4.69, 9.17) is 16.3 Å². The molecule has 0 atom stereocenters. The molecule has 3 aromatic rings. The van der Waals surface area contributed by atoms with Gasteiger partial charge in [-0.25, -0.2) is 0 Å². The molecule has 3 rings (SSSR count). The maximum absolute atomic E-state index is 12.8. The number of hydrogen-bond acceptors (Lipinski definition) is 3. The summed E-state index contributed by atoms with van der Waals surface area (Å²) in [6, 6.07) is 24.8. The van der Waals surface area contributed by atoms with Crippen LogP contribution in [0.15, 0.2) is 78.9 Å². The van der Waals surface area contributed by atoms with E-state index in [-0.39, 0.29) is 29.2 Å². The number of anilines is 1. The first-order chi connectivity index (χ1) is 15.1. The number of ether oxygens (including phenoxy) is 1. The van der Waals surface area contributed by atoms with Gasteiger partial charge in [-0.2, -0.15) is 0 Å². The third-order valence-electron chi connectivity index (χ3n) is 4.88. The lowest BCUT2D eigenvalue weighted by molar-refractivity contribution is -0.116. The predicted molar refractivity (Wildman–Crippen MR) is 124 cm³/mol. The van der Waals surface area contributed by atoms with Crippen LogP contribution < -0.4 is 10.6 Å². The smallest absolute Gasteiger partial charge is 0.252 e. The molecule has 3 aromatic carbocycles. The van der Waals surface area contributed by atoms with Gasteiger partial charge in [-0.15, -0.1) is 0 Å². The van der Waals surface area contributed by atoms with Crippen LogP contribution in [0.3, 0.4) is 0 Å². The van der Waals surface area contributed by atoms with E-state index in [0.29, 0.717) is 24.4 Å². The molecule has 0 bridgehead atoms. The van der Waals surface area contributed by atoms with Gasteiger partial charge in [-0.3, -0.25) is 9.59 Å². The quantitative estimate of drug-likeness (QED) is 0.470.